The van der Waals surface area contributed by atoms with Crippen molar-refractivity contribution in [2.75, 3.05) is 0 Å². The Morgan fingerprint density at radius 2 is 1.67 bits per heavy atom. The lowest BCUT2D eigenvalue weighted by atomic mass is 10.2. The summed E-state index contributed by atoms with van der Waals surface area (Å²) in [5, 5.41) is 14.0. The maximum Gasteiger partial charge on any atom is 0.184 e. The van der Waals surface area contributed by atoms with Crippen LogP contribution in [0.1, 0.15) is 16.8 Å². The molecule has 7 heteroatoms. The monoisotopic (exact) mass is 376 g/mol. The fraction of sp³-hybridized carbons (Fsp3) is 0.150. The molecule has 27 heavy (non-hydrogen) atoms. The Bertz CT molecular complexity index is 1120. The largest absolute Gasteiger partial charge is 0.265 e. The zero-order valence-corrected chi connectivity index (χ0v) is 15.9. The summed E-state index contributed by atoms with van der Waals surface area (Å²) in [7, 11) is 0. The fourth-order valence-corrected chi connectivity index (χ4v) is 3.01. The quantitative estimate of drug-likeness (QED) is 0.531. The van der Waals surface area contributed by atoms with E-state index in [0.717, 1.165) is 28.1 Å². The predicted molar refractivity (Wildman–Crippen MR) is 105 cm³/mol. The van der Waals surface area contributed by atoms with Crippen LogP contribution < -0.4 is 0 Å². The fourth-order valence-electron chi connectivity index (χ4n) is 2.78. The number of aryl methyl sites for hydroxylation is 3. The van der Waals surface area contributed by atoms with Crippen LogP contribution in [-0.2, 0) is 0 Å². The van der Waals surface area contributed by atoms with Gasteiger partial charge in [0, 0.05) is 23.0 Å². The van der Waals surface area contributed by atoms with E-state index < -0.39 is 0 Å². The average Bonchev–Trinajstić information content (AvgIpc) is 3.10. The Balaban J connectivity index is 1.95. The third kappa shape index (κ3) is 3.31. The summed E-state index contributed by atoms with van der Waals surface area (Å²) < 4.78 is 1.79. The van der Waals surface area contributed by atoms with Crippen LogP contribution in [0, 0.1) is 20.8 Å². The van der Waals surface area contributed by atoms with Crippen LogP contribution in [0.2, 0.25) is 5.02 Å². The summed E-state index contributed by atoms with van der Waals surface area (Å²) in [6, 6.07) is 11.4. The number of hydrogen-bond acceptors (Lipinski definition) is 5. The number of hydrogen-bond donors (Lipinski definition) is 0. The molecule has 0 N–H and O–H groups in total. The Morgan fingerprint density at radius 3 is 2.37 bits per heavy atom. The van der Waals surface area contributed by atoms with Crippen molar-refractivity contribution in [3.8, 4) is 28.6 Å². The van der Waals surface area contributed by atoms with Gasteiger partial charge in [-0.25, -0.2) is 9.67 Å². The number of benzene rings is 1. The van der Waals surface area contributed by atoms with E-state index in [0.29, 0.717) is 22.4 Å². The van der Waals surface area contributed by atoms with Crippen LogP contribution in [0.4, 0.5) is 0 Å². The van der Waals surface area contributed by atoms with E-state index in [2.05, 4.69) is 15.2 Å². The third-order valence-electron chi connectivity index (χ3n) is 4.39. The lowest BCUT2D eigenvalue weighted by Crippen LogP contribution is -2.04. The van der Waals surface area contributed by atoms with Gasteiger partial charge in [-0.05, 0) is 68.3 Å². The van der Waals surface area contributed by atoms with Gasteiger partial charge in [0.1, 0.15) is 5.69 Å². The minimum atomic E-state index is 0.599. The standard InChI is InChI=1S/C20H17ClN6/c1-12-11-17(25-24-14(12)3)20-23-19(15-6-8-22-9-7-15)26-27(20)18-5-4-16(21)10-13(18)2/h4-11H,1-3H3. The van der Waals surface area contributed by atoms with Gasteiger partial charge in [-0.15, -0.1) is 10.2 Å². The first kappa shape index (κ1) is 17.3. The molecular weight excluding hydrogens is 360 g/mol. The van der Waals surface area contributed by atoms with Crippen LogP contribution in [0.3, 0.4) is 0 Å². The van der Waals surface area contributed by atoms with Crippen LogP contribution in [0.5, 0.6) is 0 Å². The van der Waals surface area contributed by atoms with Crippen molar-refractivity contribution < 1.29 is 0 Å². The van der Waals surface area contributed by atoms with Crippen LogP contribution in [0.25, 0.3) is 28.6 Å². The Morgan fingerprint density at radius 1 is 0.889 bits per heavy atom. The SMILES string of the molecule is Cc1cc(Cl)ccc1-n1nc(-c2ccncc2)nc1-c1cc(C)c(C)nn1. The molecule has 6 nitrogen and oxygen atoms in total. The highest BCUT2D eigenvalue weighted by atomic mass is 35.5. The van der Waals surface area contributed by atoms with Crippen molar-refractivity contribution >= 4 is 11.6 Å². The van der Waals surface area contributed by atoms with Gasteiger partial charge < -0.3 is 0 Å². The van der Waals surface area contributed by atoms with Gasteiger partial charge >= 0.3 is 0 Å². The molecule has 0 radical (unpaired) electrons. The third-order valence-corrected chi connectivity index (χ3v) is 4.63. The molecule has 0 aliphatic carbocycles. The molecule has 0 unspecified atom stereocenters. The molecule has 1 aromatic carbocycles. The smallest absolute Gasteiger partial charge is 0.184 e. The Hall–Kier alpha value is -3.12. The Kier molecular flexibility index (Phi) is 4.41. The molecule has 134 valence electrons. The molecule has 0 saturated carbocycles. The second-order valence-corrected chi connectivity index (χ2v) is 6.77. The molecule has 0 saturated heterocycles. The van der Waals surface area contributed by atoms with Gasteiger partial charge in [-0.3, -0.25) is 4.98 Å². The maximum atomic E-state index is 6.13. The first-order valence-corrected chi connectivity index (χ1v) is 8.86. The van der Waals surface area contributed by atoms with E-state index in [4.69, 9.17) is 21.7 Å². The molecule has 0 bridgehead atoms. The normalized spacial score (nSPS) is 11.0. The molecule has 3 aromatic heterocycles. The summed E-state index contributed by atoms with van der Waals surface area (Å²) in [4.78, 5) is 8.81. The van der Waals surface area contributed by atoms with E-state index in [1.165, 1.54) is 0 Å². The van der Waals surface area contributed by atoms with Crippen molar-refractivity contribution in [3.05, 3.63) is 70.6 Å². The minimum absolute atomic E-state index is 0.599. The van der Waals surface area contributed by atoms with Gasteiger partial charge in [0.25, 0.3) is 0 Å². The highest BCUT2D eigenvalue weighted by Gasteiger charge is 2.18. The summed E-state index contributed by atoms with van der Waals surface area (Å²) >= 11 is 6.13. The first-order valence-electron chi connectivity index (χ1n) is 8.48. The number of aromatic nitrogens is 6. The second-order valence-electron chi connectivity index (χ2n) is 6.34. The summed E-state index contributed by atoms with van der Waals surface area (Å²) in [5.41, 5.74) is 5.37. The zero-order chi connectivity index (χ0) is 19.0. The van der Waals surface area contributed by atoms with Gasteiger partial charge in [0.2, 0.25) is 0 Å². The second kappa shape index (κ2) is 6.89. The Labute approximate surface area is 161 Å². The van der Waals surface area contributed by atoms with Gasteiger partial charge in [-0.1, -0.05) is 11.6 Å². The summed E-state index contributed by atoms with van der Waals surface area (Å²) in [6.07, 6.45) is 3.44. The number of nitrogens with zero attached hydrogens (tertiary/aromatic N) is 6. The van der Waals surface area contributed by atoms with Gasteiger partial charge in [0.15, 0.2) is 11.6 Å². The van der Waals surface area contributed by atoms with E-state index in [1.54, 1.807) is 17.1 Å². The topological polar surface area (TPSA) is 69.4 Å². The number of rotatable bonds is 3. The molecule has 3 heterocycles. The molecule has 0 aliphatic rings. The molecule has 0 aliphatic heterocycles. The summed E-state index contributed by atoms with van der Waals surface area (Å²) in [6.45, 7) is 5.93. The molecule has 4 aromatic rings. The lowest BCUT2D eigenvalue weighted by molar-refractivity contribution is 0.866. The highest BCUT2D eigenvalue weighted by molar-refractivity contribution is 6.30. The predicted octanol–water partition coefficient (Wildman–Crippen LogP) is 4.36. The summed E-state index contributed by atoms with van der Waals surface area (Å²) in [5.74, 6) is 1.23. The van der Waals surface area contributed by atoms with Crippen molar-refractivity contribution in [3.63, 3.8) is 0 Å². The van der Waals surface area contributed by atoms with Gasteiger partial charge in [-0.2, -0.15) is 5.10 Å². The minimum Gasteiger partial charge on any atom is -0.265 e. The zero-order valence-electron chi connectivity index (χ0n) is 15.2. The van der Waals surface area contributed by atoms with Crippen molar-refractivity contribution in [1.82, 2.24) is 29.9 Å². The van der Waals surface area contributed by atoms with Crippen LogP contribution >= 0.6 is 11.6 Å². The van der Waals surface area contributed by atoms with E-state index >= 15 is 0 Å². The molecule has 0 spiro atoms. The molecule has 0 amide bonds. The first-order chi connectivity index (χ1) is 13.0. The molecule has 0 atom stereocenters. The van der Waals surface area contributed by atoms with Crippen LogP contribution in [-0.4, -0.2) is 29.9 Å². The molecule has 0 fully saturated rings. The van der Waals surface area contributed by atoms with E-state index in [-0.39, 0.29) is 0 Å². The van der Waals surface area contributed by atoms with E-state index in [9.17, 15) is 0 Å². The highest BCUT2D eigenvalue weighted by Crippen LogP contribution is 2.27. The number of halogens is 1. The van der Waals surface area contributed by atoms with Crippen molar-refractivity contribution in [2.24, 2.45) is 0 Å². The van der Waals surface area contributed by atoms with Crippen molar-refractivity contribution in [1.29, 1.82) is 0 Å². The lowest BCUT2D eigenvalue weighted by Gasteiger charge is -2.09. The van der Waals surface area contributed by atoms with Crippen molar-refractivity contribution in [2.45, 2.75) is 20.8 Å². The van der Waals surface area contributed by atoms with Gasteiger partial charge in [0.05, 0.1) is 11.4 Å². The number of pyridine rings is 1. The molecular formula is C20H17ClN6. The average molecular weight is 377 g/mol. The van der Waals surface area contributed by atoms with E-state index in [1.807, 2.05) is 57.2 Å². The maximum absolute atomic E-state index is 6.13. The van der Waals surface area contributed by atoms with Crippen LogP contribution in [0.15, 0.2) is 48.8 Å². The molecule has 4 rings (SSSR count).